The van der Waals surface area contributed by atoms with Crippen LogP contribution in [0.15, 0.2) is 40.8 Å². The number of hydrogen-bond acceptors (Lipinski definition) is 3. The van der Waals surface area contributed by atoms with E-state index < -0.39 is 0 Å². The van der Waals surface area contributed by atoms with Crippen molar-refractivity contribution in [2.45, 2.75) is 19.9 Å². The van der Waals surface area contributed by atoms with Gasteiger partial charge in [-0.3, -0.25) is 4.79 Å². The summed E-state index contributed by atoms with van der Waals surface area (Å²) >= 11 is 0. The number of carbonyl (C=O) groups excluding carboxylic acids is 1. The van der Waals surface area contributed by atoms with E-state index in [1.54, 1.807) is 30.3 Å². The van der Waals surface area contributed by atoms with Crippen LogP contribution in [-0.2, 0) is 0 Å². The van der Waals surface area contributed by atoms with E-state index in [4.69, 9.17) is 4.42 Å². The summed E-state index contributed by atoms with van der Waals surface area (Å²) < 4.78 is 19.1. The smallest absolute Gasteiger partial charge is 0.287 e. The number of amides is 1. The fourth-order valence-corrected chi connectivity index (χ4v) is 2.02. The molecule has 0 bridgehead atoms. The number of rotatable bonds is 6. The summed E-state index contributed by atoms with van der Waals surface area (Å²) in [6.07, 6.45) is 0. The van der Waals surface area contributed by atoms with Gasteiger partial charge in [0.15, 0.2) is 5.76 Å². The molecule has 2 aromatic rings. The van der Waals surface area contributed by atoms with Gasteiger partial charge in [-0.25, -0.2) is 4.39 Å². The zero-order valence-corrected chi connectivity index (χ0v) is 12.2. The van der Waals surface area contributed by atoms with Gasteiger partial charge in [-0.15, -0.1) is 0 Å². The zero-order chi connectivity index (χ0) is 15.2. The molecule has 0 aliphatic carbocycles. The lowest BCUT2D eigenvalue weighted by molar-refractivity contribution is 0.0923. The summed E-state index contributed by atoms with van der Waals surface area (Å²) in [6.45, 7) is 5.33. The SMILES string of the molecule is CCN[C@H](C)CNC(=O)c1ccc(-c2ccccc2F)o1. The standard InChI is InChI=1S/C16H19FN2O2/c1-3-18-11(2)10-19-16(20)15-9-8-14(21-15)12-6-4-5-7-13(12)17/h4-9,11,18H,3,10H2,1-2H3,(H,19,20)/t11-/m1/s1. The van der Waals surface area contributed by atoms with Crippen LogP contribution in [0.25, 0.3) is 11.3 Å². The Morgan fingerprint density at radius 3 is 2.76 bits per heavy atom. The Kier molecular flexibility index (Phi) is 5.11. The predicted molar refractivity (Wildman–Crippen MR) is 79.6 cm³/mol. The lowest BCUT2D eigenvalue weighted by Gasteiger charge is -2.12. The number of halogens is 1. The zero-order valence-electron chi connectivity index (χ0n) is 12.2. The van der Waals surface area contributed by atoms with Crippen molar-refractivity contribution in [3.63, 3.8) is 0 Å². The number of likely N-dealkylation sites (N-methyl/N-ethyl adjacent to an activating group) is 1. The molecule has 1 heterocycles. The summed E-state index contributed by atoms with van der Waals surface area (Å²) in [7, 11) is 0. The van der Waals surface area contributed by atoms with Crippen LogP contribution in [0, 0.1) is 5.82 Å². The van der Waals surface area contributed by atoms with Crippen molar-refractivity contribution in [1.29, 1.82) is 0 Å². The van der Waals surface area contributed by atoms with Crippen molar-refractivity contribution in [3.8, 4) is 11.3 Å². The maximum absolute atomic E-state index is 13.7. The second-order valence-electron chi connectivity index (χ2n) is 4.81. The Balaban J connectivity index is 2.03. The average Bonchev–Trinajstić information content (AvgIpc) is 2.95. The molecular formula is C16H19FN2O2. The second kappa shape index (κ2) is 7.04. The van der Waals surface area contributed by atoms with Crippen LogP contribution in [-0.4, -0.2) is 25.0 Å². The largest absolute Gasteiger partial charge is 0.451 e. The van der Waals surface area contributed by atoms with Crippen molar-refractivity contribution in [3.05, 3.63) is 48.0 Å². The van der Waals surface area contributed by atoms with Crippen molar-refractivity contribution in [2.24, 2.45) is 0 Å². The third-order valence-corrected chi connectivity index (χ3v) is 3.09. The van der Waals surface area contributed by atoms with Gasteiger partial charge in [0.1, 0.15) is 11.6 Å². The molecule has 0 unspecified atom stereocenters. The summed E-state index contributed by atoms with van der Waals surface area (Å²) in [5, 5.41) is 5.97. The van der Waals surface area contributed by atoms with Crippen LogP contribution in [0.3, 0.4) is 0 Å². The van der Waals surface area contributed by atoms with Gasteiger partial charge in [0, 0.05) is 12.6 Å². The molecule has 0 fully saturated rings. The quantitative estimate of drug-likeness (QED) is 0.860. The van der Waals surface area contributed by atoms with Crippen LogP contribution < -0.4 is 10.6 Å². The summed E-state index contributed by atoms with van der Waals surface area (Å²) in [4.78, 5) is 12.0. The molecule has 1 amide bonds. The monoisotopic (exact) mass is 290 g/mol. The summed E-state index contributed by atoms with van der Waals surface area (Å²) in [5.74, 6) is -0.156. The minimum absolute atomic E-state index is 0.178. The van der Waals surface area contributed by atoms with Gasteiger partial charge in [-0.1, -0.05) is 19.1 Å². The van der Waals surface area contributed by atoms with Crippen LogP contribution in [0.4, 0.5) is 4.39 Å². The molecule has 1 atom stereocenters. The third kappa shape index (κ3) is 3.92. The minimum Gasteiger partial charge on any atom is -0.451 e. The lowest BCUT2D eigenvalue weighted by Crippen LogP contribution is -2.38. The molecule has 1 aromatic carbocycles. The lowest BCUT2D eigenvalue weighted by atomic mass is 10.1. The van der Waals surface area contributed by atoms with Crippen molar-refractivity contribution in [2.75, 3.05) is 13.1 Å². The molecule has 0 spiro atoms. The maximum atomic E-state index is 13.7. The first-order valence-corrected chi connectivity index (χ1v) is 6.98. The molecule has 2 rings (SSSR count). The molecule has 2 N–H and O–H groups in total. The van der Waals surface area contributed by atoms with E-state index in [0.29, 0.717) is 17.9 Å². The first-order valence-electron chi connectivity index (χ1n) is 6.98. The van der Waals surface area contributed by atoms with Gasteiger partial charge < -0.3 is 15.1 Å². The predicted octanol–water partition coefficient (Wildman–Crippen LogP) is 2.81. The topological polar surface area (TPSA) is 54.3 Å². The van der Waals surface area contributed by atoms with Crippen LogP contribution in [0.5, 0.6) is 0 Å². The molecule has 0 aliphatic rings. The van der Waals surface area contributed by atoms with E-state index >= 15 is 0 Å². The summed E-state index contributed by atoms with van der Waals surface area (Å²) in [5.41, 5.74) is 0.345. The molecule has 0 radical (unpaired) electrons. The highest BCUT2D eigenvalue weighted by Crippen LogP contribution is 2.24. The molecule has 21 heavy (non-hydrogen) atoms. The molecule has 0 saturated heterocycles. The highest BCUT2D eigenvalue weighted by atomic mass is 19.1. The van der Waals surface area contributed by atoms with E-state index in [0.717, 1.165) is 6.54 Å². The van der Waals surface area contributed by atoms with Gasteiger partial charge in [0.2, 0.25) is 0 Å². The fourth-order valence-electron chi connectivity index (χ4n) is 2.02. The minimum atomic E-state index is -0.375. The Morgan fingerprint density at radius 2 is 2.05 bits per heavy atom. The van der Waals surface area contributed by atoms with Crippen LogP contribution >= 0.6 is 0 Å². The molecule has 1 aromatic heterocycles. The van der Waals surface area contributed by atoms with E-state index in [2.05, 4.69) is 10.6 Å². The molecular weight excluding hydrogens is 271 g/mol. The van der Waals surface area contributed by atoms with E-state index in [9.17, 15) is 9.18 Å². The van der Waals surface area contributed by atoms with E-state index in [1.807, 2.05) is 13.8 Å². The van der Waals surface area contributed by atoms with Crippen molar-refractivity contribution >= 4 is 5.91 Å². The van der Waals surface area contributed by atoms with Crippen molar-refractivity contribution < 1.29 is 13.6 Å². The van der Waals surface area contributed by atoms with Gasteiger partial charge in [-0.05, 0) is 37.7 Å². The highest BCUT2D eigenvalue weighted by Gasteiger charge is 2.14. The van der Waals surface area contributed by atoms with E-state index in [-0.39, 0.29) is 23.5 Å². The molecule has 5 heteroatoms. The third-order valence-electron chi connectivity index (χ3n) is 3.09. The molecule has 0 aliphatic heterocycles. The van der Waals surface area contributed by atoms with Gasteiger partial charge in [0.05, 0.1) is 5.56 Å². The number of nitrogens with one attached hydrogen (secondary N) is 2. The van der Waals surface area contributed by atoms with E-state index in [1.165, 1.54) is 6.07 Å². The summed E-state index contributed by atoms with van der Waals surface area (Å²) in [6, 6.07) is 9.63. The first kappa shape index (κ1) is 15.3. The highest BCUT2D eigenvalue weighted by molar-refractivity contribution is 5.92. The molecule has 112 valence electrons. The number of benzene rings is 1. The molecule has 4 nitrogen and oxygen atoms in total. The first-order chi connectivity index (χ1) is 10.1. The van der Waals surface area contributed by atoms with Gasteiger partial charge in [0.25, 0.3) is 5.91 Å². The van der Waals surface area contributed by atoms with Crippen LogP contribution in [0.1, 0.15) is 24.4 Å². The Morgan fingerprint density at radius 1 is 1.29 bits per heavy atom. The van der Waals surface area contributed by atoms with Crippen molar-refractivity contribution in [1.82, 2.24) is 10.6 Å². The van der Waals surface area contributed by atoms with Gasteiger partial charge >= 0.3 is 0 Å². The second-order valence-corrected chi connectivity index (χ2v) is 4.81. The van der Waals surface area contributed by atoms with Crippen LogP contribution in [0.2, 0.25) is 0 Å². The van der Waals surface area contributed by atoms with Gasteiger partial charge in [-0.2, -0.15) is 0 Å². The number of carbonyl (C=O) groups is 1. The Bertz CT molecular complexity index is 610. The fraction of sp³-hybridized carbons (Fsp3) is 0.312. The molecule has 0 saturated carbocycles. The number of furan rings is 1. The number of hydrogen-bond donors (Lipinski definition) is 2. The Hall–Kier alpha value is -2.14. The average molecular weight is 290 g/mol. The maximum Gasteiger partial charge on any atom is 0.287 e. The normalized spacial score (nSPS) is 12.1. The Labute approximate surface area is 123 Å².